The smallest absolute Gasteiger partial charge is 0.250 e. The minimum atomic E-state index is -0.188. The first kappa shape index (κ1) is 21.8. The van der Waals surface area contributed by atoms with Crippen LogP contribution in [0.3, 0.4) is 0 Å². The largest absolute Gasteiger partial charge is 0.492 e. The van der Waals surface area contributed by atoms with Gasteiger partial charge >= 0.3 is 0 Å². The van der Waals surface area contributed by atoms with E-state index < -0.39 is 0 Å². The molecule has 2 heterocycles. The van der Waals surface area contributed by atoms with E-state index in [-0.39, 0.29) is 24.2 Å². The summed E-state index contributed by atoms with van der Waals surface area (Å²) in [6, 6.07) is 14.7. The molecular weight excluding hydrogens is 450 g/mol. The normalized spacial score (nSPS) is 10.8. The minimum absolute atomic E-state index is 0.122. The van der Waals surface area contributed by atoms with Crippen molar-refractivity contribution < 1.29 is 14.3 Å². The maximum Gasteiger partial charge on any atom is 0.250 e. The Hall–Kier alpha value is -3.43. The minimum Gasteiger partial charge on any atom is -0.492 e. The molecule has 2 aromatic carbocycles. The average Bonchev–Trinajstić information content (AvgIpc) is 3.33. The Morgan fingerprint density at radius 3 is 2.66 bits per heavy atom. The van der Waals surface area contributed by atoms with Crippen LogP contribution in [0, 0.1) is 0 Å². The second kappa shape index (κ2) is 9.80. The molecule has 2 aromatic heterocycles. The predicted molar refractivity (Wildman–Crippen MR) is 125 cm³/mol. The van der Waals surface area contributed by atoms with E-state index in [9.17, 15) is 9.59 Å². The van der Waals surface area contributed by atoms with Gasteiger partial charge in [0.2, 0.25) is 22.7 Å². The summed E-state index contributed by atoms with van der Waals surface area (Å²) in [7, 11) is 0. The maximum absolute atomic E-state index is 12.3. The van der Waals surface area contributed by atoms with Gasteiger partial charge in [-0.1, -0.05) is 35.9 Å². The van der Waals surface area contributed by atoms with Gasteiger partial charge in [-0.3, -0.25) is 14.9 Å². The van der Waals surface area contributed by atoms with Crippen LogP contribution >= 0.6 is 22.9 Å². The molecule has 4 rings (SSSR count). The molecule has 0 spiro atoms. The maximum atomic E-state index is 12.3. The van der Waals surface area contributed by atoms with E-state index in [2.05, 4.69) is 20.7 Å². The number of rotatable bonds is 8. The molecule has 0 aliphatic rings. The Bertz CT molecular complexity index is 1250. The van der Waals surface area contributed by atoms with Gasteiger partial charge in [0.25, 0.3) is 0 Å². The number of nitrogens with zero attached hydrogens (tertiary/aromatic N) is 3. The van der Waals surface area contributed by atoms with Crippen LogP contribution in [0.1, 0.15) is 19.8 Å². The number of nitrogens with one attached hydrogen (secondary N) is 2. The molecule has 0 aliphatic carbocycles. The van der Waals surface area contributed by atoms with Crippen molar-refractivity contribution in [2.45, 2.75) is 19.8 Å². The van der Waals surface area contributed by atoms with Crippen molar-refractivity contribution in [2.24, 2.45) is 0 Å². The number of hydrogen-bond donors (Lipinski definition) is 2. The van der Waals surface area contributed by atoms with Crippen LogP contribution in [0.4, 0.5) is 11.6 Å². The quantitative estimate of drug-likeness (QED) is 0.359. The second-order valence-electron chi connectivity index (χ2n) is 6.94. The van der Waals surface area contributed by atoms with Crippen LogP contribution < -0.4 is 15.4 Å². The molecule has 0 atom stereocenters. The molecule has 0 aliphatic heterocycles. The molecule has 4 aromatic rings. The third-order valence-electron chi connectivity index (χ3n) is 4.48. The summed E-state index contributed by atoms with van der Waals surface area (Å²) in [4.78, 5) is 28.5. The molecule has 10 heteroatoms. The Morgan fingerprint density at radius 1 is 1.12 bits per heavy atom. The van der Waals surface area contributed by atoms with E-state index in [1.54, 1.807) is 16.6 Å². The van der Waals surface area contributed by atoms with Gasteiger partial charge in [0.15, 0.2) is 0 Å². The van der Waals surface area contributed by atoms with Crippen LogP contribution in [0.25, 0.3) is 16.2 Å². The molecule has 0 unspecified atom stereocenters. The SMILES string of the molecule is CC(=O)Nc1ccc(-c2csc3nc(NC(=O)CCCOc4ccccc4Cl)nn23)cc1. The van der Waals surface area contributed by atoms with Crippen LogP contribution in [-0.4, -0.2) is 33.0 Å². The van der Waals surface area contributed by atoms with Crippen molar-refractivity contribution in [3.8, 4) is 17.0 Å². The first-order valence-electron chi connectivity index (χ1n) is 9.89. The Balaban J connectivity index is 1.34. The molecule has 0 saturated heterocycles. The number of ether oxygens (including phenoxy) is 1. The van der Waals surface area contributed by atoms with Crippen LogP contribution in [0.5, 0.6) is 5.75 Å². The fourth-order valence-corrected chi connectivity index (χ4v) is 4.05. The first-order valence-corrected chi connectivity index (χ1v) is 11.1. The molecule has 8 nitrogen and oxygen atoms in total. The van der Waals surface area contributed by atoms with E-state index in [0.717, 1.165) is 16.9 Å². The Labute approximate surface area is 193 Å². The van der Waals surface area contributed by atoms with Gasteiger partial charge in [-0.25, -0.2) is 4.52 Å². The number of thiazole rings is 1. The molecule has 0 fully saturated rings. The highest BCUT2D eigenvalue weighted by atomic mass is 35.5. The summed E-state index contributed by atoms with van der Waals surface area (Å²) in [5, 5.41) is 12.4. The van der Waals surface area contributed by atoms with Gasteiger partial charge in [0, 0.05) is 30.0 Å². The third-order valence-corrected chi connectivity index (χ3v) is 5.60. The lowest BCUT2D eigenvalue weighted by Crippen LogP contribution is -2.14. The van der Waals surface area contributed by atoms with Gasteiger partial charge in [-0.2, -0.15) is 4.98 Å². The zero-order chi connectivity index (χ0) is 22.5. The van der Waals surface area contributed by atoms with Crippen molar-refractivity contribution in [1.29, 1.82) is 0 Å². The van der Waals surface area contributed by atoms with E-state index in [4.69, 9.17) is 16.3 Å². The molecule has 2 amide bonds. The van der Waals surface area contributed by atoms with Crippen molar-refractivity contribution >= 4 is 51.3 Å². The number of hydrogen-bond acceptors (Lipinski definition) is 6. The summed E-state index contributed by atoms with van der Waals surface area (Å²) in [5.74, 6) is 0.545. The first-order chi connectivity index (χ1) is 15.5. The fourth-order valence-electron chi connectivity index (χ4n) is 3.02. The number of benzene rings is 2. The molecule has 2 N–H and O–H groups in total. The molecule has 32 heavy (non-hydrogen) atoms. The topological polar surface area (TPSA) is 97.6 Å². The zero-order valence-electron chi connectivity index (χ0n) is 17.2. The van der Waals surface area contributed by atoms with E-state index in [1.165, 1.54) is 18.3 Å². The molecule has 164 valence electrons. The number of carbonyl (C=O) groups is 2. The van der Waals surface area contributed by atoms with Gasteiger partial charge in [0.05, 0.1) is 17.3 Å². The van der Waals surface area contributed by atoms with Gasteiger partial charge in [-0.15, -0.1) is 16.4 Å². The van der Waals surface area contributed by atoms with Gasteiger partial charge < -0.3 is 10.1 Å². The fraction of sp³-hybridized carbons (Fsp3) is 0.182. The van der Waals surface area contributed by atoms with E-state index in [1.807, 2.05) is 41.8 Å². The molecule has 0 bridgehead atoms. The molecule has 0 radical (unpaired) electrons. The van der Waals surface area contributed by atoms with Crippen molar-refractivity contribution in [3.05, 3.63) is 58.9 Å². The summed E-state index contributed by atoms with van der Waals surface area (Å²) in [5.41, 5.74) is 2.49. The van der Waals surface area contributed by atoms with Crippen LogP contribution in [-0.2, 0) is 9.59 Å². The Morgan fingerprint density at radius 2 is 1.91 bits per heavy atom. The predicted octanol–water partition coefficient (Wildman–Crippen LogP) is 4.87. The number of anilines is 2. The summed E-state index contributed by atoms with van der Waals surface area (Å²) >= 11 is 7.47. The zero-order valence-corrected chi connectivity index (χ0v) is 18.7. The highest BCUT2D eigenvalue weighted by Crippen LogP contribution is 2.27. The number of para-hydroxylation sites is 1. The van der Waals surface area contributed by atoms with Crippen molar-refractivity contribution in [1.82, 2.24) is 14.6 Å². The van der Waals surface area contributed by atoms with Crippen molar-refractivity contribution in [2.75, 3.05) is 17.2 Å². The number of amides is 2. The van der Waals surface area contributed by atoms with Crippen LogP contribution in [0.2, 0.25) is 5.02 Å². The lowest BCUT2D eigenvalue weighted by molar-refractivity contribution is -0.116. The van der Waals surface area contributed by atoms with Gasteiger partial charge in [0.1, 0.15) is 5.75 Å². The Kier molecular flexibility index (Phi) is 6.67. The number of halogens is 1. The standard InChI is InChI=1S/C22H20ClN5O3S/c1-14(29)24-16-10-8-15(9-11-16)18-13-32-22-26-21(27-28(18)22)25-20(30)7-4-12-31-19-6-3-2-5-17(19)23/h2-3,5-6,8-11,13H,4,7,12H2,1H3,(H,24,29)(H,25,27,30). The summed E-state index contributed by atoms with van der Waals surface area (Å²) < 4.78 is 7.29. The van der Waals surface area contributed by atoms with Gasteiger partial charge in [-0.05, 0) is 30.7 Å². The molecular formula is C22H20ClN5O3S. The average molecular weight is 470 g/mol. The lowest BCUT2D eigenvalue weighted by atomic mass is 10.1. The summed E-state index contributed by atoms with van der Waals surface area (Å²) in [6.45, 7) is 1.84. The highest BCUT2D eigenvalue weighted by Gasteiger charge is 2.13. The number of aromatic nitrogens is 3. The molecule has 0 saturated carbocycles. The summed E-state index contributed by atoms with van der Waals surface area (Å²) in [6.07, 6.45) is 0.806. The highest BCUT2D eigenvalue weighted by molar-refractivity contribution is 7.15. The monoisotopic (exact) mass is 469 g/mol. The van der Waals surface area contributed by atoms with E-state index in [0.29, 0.717) is 28.8 Å². The third kappa shape index (κ3) is 5.24. The van der Waals surface area contributed by atoms with E-state index >= 15 is 0 Å². The number of fused-ring (bicyclic) bond motifs is 1. The second-order valence-corrected chi connectivity index (χ2v) is 8.18. The van der Waals surface area contributed by atoms with Crippen LogP contribution in [0.15, 0.2) is 53.9 Å². The van der Waals surface area contributed by atoms with Crippen molar-refractivity contribution in [3.63, 3.8) is 0 Å². The lowest BCUT2D eigenvalue weighted by Gasteiger charge is -2.07. The number of carbonyl (C=O) groups excluding carboxylic acids is 2.